The highest BCUT2D eigenvalue weighted by Crippen LogP contribution is 2.47. The lowest BCUT2D eigenvalue weighted by Gasteiger charge is -2.26. The third-order valence-electron chi connectivity index (χ3n) is 10.5. The molecule has 0 bridgehead atoms. The van der Waals surface area contributed by atoms with Crippen LogP contribution in [0.3, 0.4) is 0 Å². The van der Waals surface area contributed by atoms with E-state index in [-0.39, 0.29) is 0 Å². The van der Waals surface area contributed by atoms with E-state index < -0.39 is 0 Å². The Morgan fingerprint density at radius 2 is 0.722 bits per heavy atom. The molecule has 0 radical (unpaired) electrons. The van der Waals surface area contributed by atoms with Crippen molar-refractivity contribution in [1.29, 1.82) is 0 Å². The van der Waals surface area contributed by atoms with Crippen molar-refractivity contribution in [3.8, 4) is 44.5 Å². The molecular weight excluding hydrogens is 671 g/mol. The first-order valence-corrected chi connectivity index (χ1v) is 19.2. The number of fused-ring (bicyclic) bond motifs is 4. The fourth-order valence-corrected chi connectivity index (χ4v) is 9.07. The van der Waals surface area contributed by atoms with Gasteiger partial charge in [0.05, 0.1) is 10.4 Å². The summed E-state index contributed by atoms with van der Waals surface area (Å²) in [5.74, 6) is 0. The van der Waals surface area contributed by atoms with Crippen molar-refractivity contribution in [3.63, 3.8) is 0 Å². The molecule has 10 aromatic rings. The number of hydrogen-bond acceptors (Lipinski definition) is 2. The van der Waals surface area contributed by atoms with Crippen LogP contribution in [0.25, 0.3) is 75.5 Å². The van der Waals surface area contributed by atoms with Crippen LogP contribution in [0.2, 0.25) is 0 Å². The van der Waals surface area contributed by atoms with Gasteiger partial charge in [-0.25, -0.2) is 0 Å². The Bertz CT molecular complexity index is 2890. The molecule has 0 saturated carbocycles. The van der Waals surface area contributed by atoms with Crippen LogP contribution in [-0.4, -0.2) is 0 Å². The van der Waals surface area contributed by atoms with Gasteiger partial charge in [-0.05, 0) is 97.7 Å². The molecule has 0 N–H and O–H groups in total. The molecule has 0 atom stereocenters. The van der Waals surface area contributed by atoms with Crippen LogP contribution in [0.4, 0.5) is 17.1 Å². The molecule has 0 aliphatic rings. The Morgan fingerprint density at radius 1 is 0.296 bits per heavy atom. The average molecular weight is 706 g/mol. The molecule has 1 aromatic heterocycles. The molecule has 1 heterocycles. The Balaban J connectivity index is 1.07. The number of anilines is 3. The number of thiophene rings is 1. The highest BCUT2D eigenvalue weighted by atomic mass is 32.1. The highest BCUT2D eigenvalue weighted by Gasteiger charge is 2.20. The maximum Gasteiger partial charge on any atom is 0.0640 e. The minimum absolute atomic E-state index is 1.12. The van der Waals surface area contributed by atoms with Gasteiger partial charge >= 0.3 is 0 Å². The van der Waals surface area contributed by atoms with Crippen LogP contribution in [0.1, 0.15) is 0 Å². The fraction of sp³-hybridized carbons (Fsp3) is 0. The van der Waals surface area contributed by atoms with E-state index in [1.807, 2.05) is 11.3 Å². The highest BCUT2D eigenvalue weighted by molar-refractivity contribution is 7.27. The summed E-state index contributed by atoms with van der Waals surface area (Å²) in [5.41, 5.74) is 13.2. The standard InChI is InChI=1S/C52H35NS/c1-4-12-36(13-5-1)38-26-30-45(31-27-38)53(50-21-11-20-49-48-19-10-18-47(51(48)54-52(49)50)40-16-8-3-9-17-40)46-32-28-39(29-33-46)42-23-25-43-34-41(22-24-44(43)35-42)37-14-6-2-7-15-37/h1-35H. The Morgan fingerprint density at radius 3 is 1.28 bits per heavy atom. The van der Waals surface area contributed by atoms with Gasteiger partial charge in [-0.15, -0.1) is 11.3 Å². The Hall–Kier alpha value is -6.74. The summed E-state index contributed by atoms with van der Waals surface area (Å²) < 4.78 is 2.59. The van der Waals surface area contributed by atoms with Gasteiger partial charge in [-0.2, -0.15) is 0 Å². The van der Waals surface area contributed by atoms with E-state index in [0.29, 0.717) is 0 Å². The van der Waals surface area contributed by atoms with Crippen molar-refractivity contribution < 1.29 is 0 Å². The van der Waals surface area contributed by atoms with E-state index in [2.05, 4.69) is 217 Å². The molecule has 0 fully saturated rings. The van der Waals surface area contributed by atoms with Gasteiger partial charge in [0, 0.05) is 26.8 Å². The van der Waals surface area contributed by atoms with Crippen molar-refractivity contribution in [1.82, 2.24) is 0 Å². The second-order valence-electron chi connectivity index (χ2n) is 13.7. The van der Waals surface area contributed by atoms with Crippen molar-refractivity contribution in [2.75, 3.05) is 4.90 Å². The van der Waals surface area contributed by atoms with Crippen molar-refractivity contribution in [2.24, 2.45) is 0 Å². The number of hydrogen-bond donors (Lipinski definition) is 0. The maximum atomic E-state index is 2.42. The van der Waals surface area contributed by atoms with Crippen LogP contribution in [0.15, 0.2) is 212 Å². The van der Waals surface area contributed by atoms with Crippen molar-refractivity contribution >= 4 is 59.3 Å². The van der Waals surface area contributed by atoms with Gasteiger partial charge in [-0.1, -0.05) is 170 Å². The number of benzene rings is 9. The van der Waals surface area contributed by atoms with Crippen molar-refractivity contribution in [3.05, 3.63) is 212 Å². The Kier molecular flexibility index (Phi) is 8.09. The maximum absolute atomic E-state index is 2.42. The SMILES string of the molecule is c1ccc(-c2ccc(N(c3ccc(-c4ccc5cc(-c6ccccc6)ccc5c4)cc3)c3cccc4c3sc3c(-c5ccccc5)cccc34)cc2)cc1. The summed E-state index contributed by atoms with van der Waals surface area (Å²) in [6.07, 6.45) is 0. The lowest BCUT2D eigenvalue weighted by atomic mass is 9.97. The minimum atomic E-state index is 1.12. The molecule has 9 aromatic carbocycles. The summed E-state index contributed by atoms with van der Waals surface area (Å²) in [6, 6.07) is 77.0. The van der Waals surface area contributed by atoms with Gasteiger partial charge in [0.15, 0.2) is 0 Å². The van der Waals surface area contributed by atoms with E-state index in [0.717, 1.165) is 11.4 Å². The molecule has 10 rings (SSSR count). The van der Waals surface area contributed by atoms with Gasteiger partial charge < -0.3 is 4.90 Å². The van der Waals surface area contributed by atoms with Gasteiger partial charge in [-0.3, -0.25) is 0 Å². The first-order valence-electron chi connectivity index (χ1n) is 18.4. The summed E-state index contributed by atoms with van der Waals surface area (Å²) in [4.78, 5) is 2.42. The third-order valence-corrected chi connectivity index (χ3v) is 11.7. The topological polar surface area (TPSA) is 3.24 Å². The molecule has 0 amide bonds. The molecule has 0 unspecified atom stereocenters. The van der Waals surface area contributed by atoms with Crippen molar-refractivity contribution in [2.45, 2.75) is 0 Å². The van der Waals surface area contributed by atoms with Crippen LogP contribution < -0.4 is 4.90 Å². The lowest BCUT2D eigenvalue weighted by Crippen LogP contribution is -2.10. The van der Waals surface area contributed by atoms with Crippen LogP contribution in [0.5, 0.6) is 0 Å². The Labute approximate surface area is 319 Å². The normalized spacial score (nSPS) is 11.3. The molecule has 54 heavy (non-hydrogen) atoms. The molecule has 0 aliphatic heterocycles. The third kappa shape index (κ3) is 5.84. The van der Waals surface area contributed by atoms with E-state index in [4.69, 9.17) is 0 Å². The van der Waals surface area contributed by atoms with E-state index >= 15 is 0 Å². The largest absolute Gasteiger partial charge is 0.309 e. The predicted octanol–water partition coefficient (Wildman–Crippen LogP) is 15.3. The zero-order chi connectivity index (χ0) is 35.8. The second kappa shape index (κ2) is 13.7. The number of nitrogens with zero attached hydrogens (tertiary/aromatic N) is 1. The molecule has 0 spiro atoms. The van der Waals surface area contributed by atoms with Crippen LogP contribution >= 0.6 is 11.3 Å². The predicted molar refractivity (Wildman–Crippen MR) is 233 cm³/mol. The molecule has 2 heteroatoms. The zero-order valence-corrected chi connectivity index (χ0v) is 30.4. The van der Waals surface area contributed by atoms with Crippen LogP contribution in [0, 0.1) is 0 Å². The van der Waals surface area contributed by atoms with Crippen LogP contribution in [-0.2, 0) is 0 Å². The lowest BCUT2D eigenvalue weighted by molar-refractivity contribution is 1.30. The molecular formula is C52H35NS. The molecule has 254 valence electrons. The summed E-state index contributed by atoms with van der Waals surface area (Å²) >= 11 is 1.89. The fourth-order valence-electron chi connectivity index (χ4n) is 7.73. The molecule has 1 nitrogen and oxygen atoms in total. The van der Waals surface area contributed by atoms with Gasteiger partial charge in [0.25, 0.3) is 0 Å². The molecule has 0 saturated heterocycles. The zero-order valence-electron chi connectivity index (χ0n) is 29.6. The van der Waals surface area contributed by atoms with E-state index in [1.165, 1.54) is 81.1 Å². The first-order chi connectivity index (χ1) is 26.8. The summed E-state index contributed by atoms with van der Waals surface area (Å²) in [6.45, 7) is 0. The monoisotopic (exact) mass is 705 g/mol. The smallest absolute Gasteiger partial charge is 0.0640 e. The first kappa shape index (κ1) is 32.0. The average Bonchev–Trinajstić information content (AvgIpc) is 3.65. The summed E-state index contributed by atoms with van der Waals surface area (Å²) in [7, 11) is 0. The van der Waals surface area contributed by atoms with E-state index in [1.54, 1.807) is 0 Å². The minimum Gasteiger partial charge on any atom is -0.309 e. The number of rotatable bonds is 7. The van der Waals surface area contributed by atoms with Gasteiger partial charge in [0.1, 0.15) is 0 Å². The summed E-state index contributed by atoms with van der Waals surface area (Å²) in [5, 5.41) is 5.05. The van der Waals surface area contributed by atoms with Gasteiger partial charge in [0.2, 0.25) is 0 Å². The second-order valence-corrected chi connectivity index (χ2v) is 14.8. The quantitative estimate of drug-likeness (QED) is 0.160. The molecule has 0 aliphatic carbocycles. The van der Waals surface area contributed by atoms with E-state index in [9.17, 15) is 0 Å².